The van der Waals surface area contributed by atoms with Gasteiger partial charge in [-0.1, -0.05) is 0 Å². The van der Waals surface area contributed by atoms with Crippen molar-refractivity contribution in [2.45, 2.75) is 57.8 Å². The Morgan fingerprint density at radius 3 is 2.60 bits per heavy atom. The maximum Gasteiger partial charge on any atom is 0.258 e. The zero-order valence-corrected chi connectivity index (χ0v) is 20.9. The average molecular weight is 508 g/mol. The molecule has 10 heteroatoms. The van der Waals surface area contributed by atoms with Crippen molar-refractivity contribution in [2.24, 2.45) is 5.41 Å². The lowest BCUT2D eigenvalue weighted by Crippen LogP contribution is -2.60. The number of nitrogens with one attached hydrogen (secondary N) is 1. The minimum atomic E-state index is -0.897. The van der Waals surface area contributed by atoms with E-state index in [1.54, 1.807) is 11.1 Å². The molecular weight excluding hydrogens is 476 g/mol. The van der Waals surface area contributed by atoms with Crippen molar-refractivity contribution < 1.29 is 18.3 Å². The van der Waals surface area contributed by atoms with Gasteiger partial charge in [0.2, 0.25) is 0 Å². The number of nitrogens with zero attached hydrogens (tertiary/aromatic N) is 4. The maximum atomic E-state index is 14.2. The van der Waals surface area contributed by atoms with Crippen molar-refractivity contribution in [2.75, 3.05) is 31.1 Å². The van der Waals surface area contributed by atoms with E-state index in [9.17, 15) is 13.6 Å². The molecule has 2 aliphatic heterocycles. The van der Waals surface area contributed by atoms with E-state index in [0.29, 0.717) is 29.8 Å². The summed E-state index contributed by atoms with van der Waals surface area (Å²) in [4.78, 5) is 25.9. The van der Waals surface area contributed by atoms with Gasteiger partial charge in [-0.2, -0.15) is 0 Å². The standard InChI is InChI=1S/C25H31F2N5O2.ClH/c1-16(2)32(19-9-18(27)10-19)24(33)20-11-17(26)3-4-21(20)34-22-12-29-15-30-23(22)31-13-25(14-31)5-7-28-8-6-25;/h3-4,11-12,15-16,18-19,28H,5-10,13-14H2,1-2H3;1H. The van der Waals surface area contributed by atoms with Crippen molar-refractivity contribution in [3.8, 4) is 11.5 Å². The third-order valence-corrected chi connectivity index (χ3v) is 7.31. The number of amides is 1. The van der Waals surface area contributed by atoms with Gasteiger partial charge in [-0.15, -0.1) is 12.4 Å². The molecule has 1 aromatic carbocycles. The zero-order valence-electron chi connectivity index (χ0n) is 20.0. The molecule has 190 valence electrons. The second-order valence-electron chi connectivity index (χ2n) is 10.1. The number of benzene rings is 1. The van der Waals surface area contributed by atoms with E-state index in [-0.39, 0.29) is 41.7 Å². The molecule has 1 aromatic heterocycles. The Balaban J connectivity index is 0.00000289. The van der Waals surface area contributed by atoms with Gasteiger partial charge in [-0.25, -0.2) is 18.7 Å². The minimum absolute atomic E-state index is 0. The van der Waals surface area contributed by atoms with Gasteiger partial charge in [0.25, 0.3) is 5.91 Å². The summed E-state index contributed by atoms with van der Waals surface area (Å²) in [5, 5.41) is 3.41. The van der Waals surface area contributed by atoms with Crippen LogP contribution in [-0.4, -0.2) is 65.2 Å². The zero-order chi connectivity index (χ0) is 23.9. The molecule has 35 heavy (non-hydrogen) atoms. The van der Waals surface area contributed by atoms with Crippen LogP contribution in [-0.2, 0) is 0 Å². The summed E-state index contributed by atoms with van der Waals surface area (Å²) in [5.74, 6) is 0.438. The van der Waals surface area contributed by atoms with E-state index in [1.807, 2.05) is 13.8 Å². The van der Waals surface area contributed by atoms with Crippen LogP contribution in [0.2, 0.25) is 0 Å². The van der Waals surface area contributed by atoms with Crippen LogP contribution < -0.4 is 15.0 Å². The molecule has 1 N–H and O–H groups in total. The average Bonchev–Trinajstić information content (AvgIpc) is 2.78. The number of hydrogen-bond donors (Lipinski definition) is 1. The van der Waals surface area contributed by atoms with Crippen LogP contribution in [0.4, 0.5) is 14.6 Å². The number of hydrogen-bond acceptors (Lipinski definition) is 6. The molecule has 2 saturated heterocycles. The van der Waals surface area contributed by atoms with Gasteiger partial charge in [-0.05, 0) is 70.8 Å². The third kappa shape index (κ3) is 5.07. The van der Waals surface area contributed by atoms with Crippen LogP contribution in [0.5, 0.6) is 11.5 Å². The Morgan fingerprint density at radius 1 is 1.23 bits per heavy atom. The molecule has 0 atom stereocenters. The summed E-state index contributed by atoms with van der Waals surface area (Å²) in [7, 11) is 0. The fourth-order valence-corrected chi connectivity index (χ4v) is 5.39. The van der Waals surface area contributed by atoms with E-state index < -0.39 is 12.0 Å². The number of piperidine rings is 1. The minimum Gasteiger partial charge on any atom is -0.451 e. The van der Waals surface area contributed by atoms with Crippen molar-refractivity contribution >= 4 is 24.1 Å². The fourth-order valence-electron chi connectivity index (χ4n) is 5.39. The Labute approximate surface area is 210 Å². The Kier molecular flexibility index (Phi) is 7.47. The number of ether oxygens (including phenoxy) is 1. The molecule has 1 aliphatic carbocycles. The van der Waals surface area contributed by atoms with E-state index in [1.165, 1.54) is 24.5 Å². The molecule has 1 saturated carbocycles. The first-order valence-corrected chi connectivity index (χ1v) is 12.0. The molecule has 7 nitrogen and oxygen atoms in total. The van der Waals surface area contributed by atoms with Crippen molar-refractivity contribution in [3.05, 3.63) is 42.1 Å². The lowest BCUT2D eigenvalue weighted by atomic mass is 9.72. The number of rotatable bonds is 6. The van der Waals surface area contributed by atoms with Gasteiger partial charge < -0.3 is 19.9 Å². The summed E-state index contributed by atoms with van der Waals surface area (Å²) in [6, 6.07) is 3.57. The molecule has 1 spiro atoms. The van der Waals surface area contributed by atoms with E-state index in [4.69, 9.17) is 4.74 Å². The predicted molar refractivity (Wildman–Crippen MR) is 132 cm³/mol. The van der Waals surface area contributed by atoms with Crippen LogP contribution in [0.25, 0.3) is 0 Å². The smallest absolute Gasteiger partial charge is 0.258 e. The quantitative estimate of drug-likeness (QED) is 0.626. The highest BCUT2D eigenvalue weighted by molar-refractivity contribution is 5.97. The molecule has 1 amide bonds. The van der Waals surface area contributed by atoms with Crippen molar-refractivity contribution in [1.82, 2.24) is 20.2 Å². The second kappa shape index (κ2) is 10.2. The summed E-state index contributed by atoms with van der Waals surface area (Å²) >= 11 is 0. The molecule has 2 aromatic rings. The van der Waals surface area contributed by atoms with Crippen LogP contribution in [0.3, 0.4) is 0 Å². The summed E-state index contributed by atoms with van der Waals surface area (Å²) < 4.78 is 33.9. The summed E-state index contributed by atoms with van der Waals surface area (Å²) in [6.45, 7) is 7.60. The van der Waals surface area contributed by atoms with E-state index in [0.717, 1.165) is 39.0 Å². The topological polar surface area (TPSA) is 70.6 Å². The first-order valence-electron chi connectivity index (χ1n) is 12.0. The van der Waals surface area contributed by atoms with Crippen LogP contribution in [0.1, 0.15) is 49.9 Å². The summed E-state index contributed by atoms with van der Waals surface area (Å²) in [6.07, 6.45) is 5.03. The number of aromatic nitrogens is 2. The highest BCUT2D eigenvalue weighted by Gasteiger charge is 2.45. The van der Waals surface area contributed by atoms with Crippen LogP contribution >= 0.6 is 12.4 Å². The lowest BCUT2D eigenvalue weighted by molar-refractivity contribution is 0.0264. The Hall–Kier alpha value is -2.52. The number of carbonyl (C=O) groups is 1. The second-order valence-corrected chi connectivity index (χ2v) is 10.1. The van der Waals surface area contributed by atoms with Crippen LogP contribution in [0, 0.1) is 11.2 Å². The molecule has 3 aliphatic rings. The van der Waals surface area contributed by atoms with Crippen molar-refractivity contribution in [3.63, 3.8) is 0 Å². The molecule has 0 bridgehead atoms. The van der Waals surface area contributed by atoms with Gasteiger partial charge in [0.1, 0.15) is 24.1 Å². The molecular formula is C25H32ClF2N5O2. The monoisotopic (exact) mass is 507 g/mol. The fraction of sp³-hybridized carbons (Fsp3) is 0.560. The van der Waals surface area contributed by atoms with E-state index >= 15 is 0 Å². The Bertz CT molecular complexity index is 1050. The normalized spacial score (nSPS) is 22.7. The number of halogens is 3. The van der Waals surface area contributed by atoms with Gasteiger partial charge in [0, 0.05) is 30.6 Å². The van der Waals surface area contributed by atoms with E-state index in [2.05, 4.69) is 20.2 Å². The number of carbonyl (C=O) groups excluding carboxylic acids is 1. The highest BCUT2D eigenvalue weighted by atomic mass is 35.5. The maximum absolute atomic E-state index is 14.2. The summed E-state index contributed by atoms with van der Waals surface area (Å²) in [5.41, 5.74) is 0.420. The molecule has 0 unspecified atom stereocenters. The first kappa shape index (κ1) is 25.6. The SMILES string of the molecule is CC(C)N(C(=O)c1cc(F)ccc1Oc1cncnc1N1CC2(CCNCC2)C1)C1CC(F)C1.Cl. The molecule has 3 heterocycles. The van der Waals surface area contributed by atoms with Gasteiger partial charge in [0.05, 0.1) is 11.8 Å². The lowest BCUT2D eigenvalue weighted by Gasteiger charge is -2.53. The van der Waals surface area contributed by atoms with Crippen molar-refractivity contribution in [1.29, 1.82) is 0 Å². The number of alkyl halides is 1. The predicted octanol–water partition coefficient (Wildman–Crippen LogP) is 4.37. The molecule has 3 fully saturated rings. The number of anilines is 1. The van der Waals surface area contributed by atoms with Gasteiger partial charge in [0.15, 0.2) is 11.6 Å². The van der Waals surface area contributed by atoms with Gasteiger partial charge in [-0.3, -0.25) is 4.79 Å². The third-order valence-electron chi connectivity index (χ3n) is 7.31. The highest BCUT2D eigenvalue weighted by Crippen LogP contribution is 2.44. The Morgan fingerprint density at radius 2 is 1.94 bits per heavy atom. The first-order chi connectivity index (χ1) is 16.3. The largest absolute Gasteiger partial charge is 0.451 e. The van der Waals surface area contributed by atoms with Gasteiger partial charge >= 0.3 is 0 Å². The molecule has 0 radical (unpaired) electrons. The molecule has 5 rings (SSSR count). The van der Waals surface area contributed by atoms with Crippen LogP contribution in [0.15, 0.2) is 30.7 Å².